The van der Waals surface area contributed by atoms with Crippen molar-refractivity contribution in [1.82, 2.24) is 15.1 Å². The fourth-order valence-corrected chi connectivity index (χ4v) is 3.10. The van der Waals surface area contributed by atoms with Crippen molar-refractivity contribution in [2.24, 2.45) is 7.05 Å². The second-order valence-electron chi connectivity index (χ2n) is 5.88. The van der Waals surface area contributed by atoms with E-state index in [-0.39, 0.29) is 0 Å². The summed E-state index contributed by atoms with van der Waals surface area (Å²) < 4.78 is 2.05. The number of aryl methyl sites for hydroxylation is 2. The molecule has 112 valence electrons. The lowest BCUT2D eigenvalue weighted by atomic mass is 9.92. The summed E-state index contributed by atoms with van der Waals surface area (Å²) in [5.41, 5.74) is 4.21. The molecule has 0 radical (unpaired) electrons. The van der Waals surface area contributed by atoms with Crippen LogP contribution in [0.1, 0.15) is 57.3 Å². The highest BCUT2D eigenvalue weighted by Gasteiger charge is 2.15. The third-order valence-electron chi connectivity index (χ3n) is 4.23. The summed E-state index contributed by atoms with van der Waals surface area (Å²) in [7, 11) is 2.07. The highest BCUT2D eigenvalue weighted by Crippen LogP contribution is 2.22. The molecule has 0 amide bonds. The van der Waals surface area contributed by atoms with Crippen LogP contribution in [0.4, 0.5) is 0 Å². The molecule has 0 aromatic carbocycles. The van der Waals surface area contributed by atoms with Crippen LogP contribution in [0.25, 0.3) is 0 Å². The van der Waals surface area contributed by atoms with Crippen molar-refractivity contribution in [2.45, 2.75) is 64.8 Å². The van der Waals surface area contributed by atoms with Crippen molar-refractivity contribution in [2.75, 3.05) is 6.54 Å². The lowest BCUT2D eigenvalue weighted by molar-refractivity contribution is 0.490. The second-order valence-corrected chi connectivity index (χ2v) is 5.88. The molecule has 1 aliphatic carbocycles. The van der Waals surface area contributed by atoms with E-state index >= 15 is 0 Å². The molecular formula is C17H29N3. The number of aromatic nitrogens is 2. The molecule has 1 aliphatic rings. The summed E-state index contributed by atoms with van der Waals surface area (Å²) in [6, 6.07) is 2.81. The van der Waals surface area contributed by atoms with Crippen LogP contribution in [0.2, 0.25) is 0 Å². The van der Waals surface area contributed by atoms with Gasteiger partial charge in [-0.2, -0.15) is 5.10 Å². The number of allylic oxidation sites excluding steroid dienone is 1. The summed E-state index contributed by atoms with van der Waals surface area (Å²) in [6.45, 7) is 5.40. The summed E-state index contributed by atoms with van der Waals surface area (Å²) in [6.07, 6.45) is 11.1. The lowest BCUT2D eigenvalue weighted by Crippen LogP contribution is -2.32. The number of nitrogens with one attached hydrogen (secondary N) is 1. The van der Waals surface area contributed by atoms with E-state index in [9.17, 15) is 0 Å². The van der Waals surface area contributed by atoms with Gasteiger partial charge in [0, 0.05) is 25.2 Å². The zero-order valence-electron chi connectivity index (χ0n) is 13.3. The molecule has 1 N–H and O–H groups in total. The van der Waals surface area contributed by atoms with Gasteiger partial charge in [-0.3, -0.25) is 4.68 Å². The van der Waals surface area contributed by atoms with Crippen LogP contribution < -0.4 is 5.32 Å². The maximum absolute atomic E-state index is 4.56. The molecule has 1 unspecified atom stereocenters. The smallest absolute Gasteiger partial charge is 0.0624 e. The van der Waals surface area contributed by atoms with E-state index in [2.05, 4.69) is 48.1 Å². The van der Waals surface area contributed by atoms with Crippen LogP contribution in [-0.2, 0) is 19.9 Å². The van der Waals surface area contributed by atoms with Crippen LogP contribution in [0.5, 0.6) is 0 Å². The maximum Gasteiger partial charge on any atom is 0.0624 e. The SMILES string of the molecule is CCNC(CC1=CCCCC1)Cc1cc(CC)nn1C. The van der Waals surface area contributed by atoms with E-state index < -0.39 is 0 Å². The highest BCUT2D eigenvalue weighted by molar-refractivity contribution is 5.14. The molecule has 0 saturated heterocycles. The van der Waals surface area contributed by atoms with Gasteiger partial charge in [0.2, 0.25) is 0 Å². The summed E-state index contributed by atoms with van der Waals surface area (Å²) in [4.78, 5) is 0. The molecule has 20 heavy (non-hydrogen) atoms. The van der Waals surface area contributed by atoms with Crippen molar-refractivity contribution in [3.8, 4) is 0 Å². The predicted molar refractivity (Wildman–Crippen MR) is 84.9 cm³/mol. The quantitative estimate of drug-likeness (QED) is 0.773. The van der Waals surface area contributed by atoms with Gasteiger partial charge >= 0.3 is 0 Å². The molecule has 3 heteroatoms. The Labute approximate surface area is 123 Å². The topological polar surface area (TPSA) is 29.9 Å². The van der Waals surface area contributed by atoms with Crippen LogP contribution >= 0.6 is 0 Å². The van der Waals surface area contributed by atoms with Gasteiger partial charge in [0.25, 0.3) is 0 Å². The van der Waals surface area contributed by atoms with Crippen molar-refractivity contribution in [3.05, 3.63) is 29.1 Å². The van der Waals surface area contributed by atoms with Crippen molar-refractivity contribution >= 4 is 0 Å². The Hall–Kier alpha value is -1.09. The van der Waals surface area contributed by atoms with Gasteiger partial charge in [-0.25, -0.2) is 0 Å². The van der Waals surface area contributed by atoms with Gasteiger partial charge in [0.05, 0.1) is 5.69 Å². The van der Waals surface area contributed by atoms with Crippen molar-refractivity contribution in [3.63, 3.8) is 0 Å². The third kappa shape index (κ3) is 4.20. The zero-order valence-corrected chi connectivity index (χ0v) is 13.3. The molecule has 0 saturated carbocycles. The summed E-state index contributed by atoms with van der Waals surface area (Å²) >= 11 is 0. The Kier molecular flexibility index (Phi) is 5.84. The Morgan fingerprint density at radius 2 is 2.15 bits per heavy atom. The molecule has 2 rings (SSSR count). The average Bonchev–Trinajstić information content (AvgIpc) is 2.81. The van der Waals surface area contributed by atoms with Gasteiger partial charge < -0.3 is 5.32 Å². The van der Waals surface area contributed by atoms with Crippen LogP contribution in [-0.4, -0.2) is 22.4 Å². The van der Waals surface area contributed by atoms with E-state index in [4.69, 9.17) is 0 Å². The lowest BCUT2D eigenvalue weighted by Gasteiger charge is -2.21. The van der Waals surface area contributed by atoms with E-state index in [0.29, 0.717) is 6.04 Å². The highest BCUT2D eigenvalue weighted by atomic mass is 15.3. The Morgan fingerprint density at radius 1 is 1.30 bits per heavy atom. The fourth-order valence-electron chi connectivity index (χ4n) is 3.10. The van der Waals surface area contributed by atoms with Crippen molar-refractivity contribution < 1.29 is 0 Å². The molecule has 0 aliphatic heterocycles. The molecule has 1 atom stereocenters. The second kappa shape index (κ2) is 7.63. The Bertz CT molecular complexity index is 445. The van der Waals surface area contributed by atoms with Gasteiger partial charge in [-0.15, -0.1) is 0 Å². The van der Waals surface area contributed by atoms with E-state index in [0.717, 1.165) is 19.4 Å². The summed E-state index contributed by atoms with van der Waals surface area (Å²) in [5, 5.41) is 8.21. The number of hydrogen-bond acceptors (Lipinski definition) is 2. The molecular weight excluding hydrogens is 246 g/mol. The number of rotatable bonds is 7. The maximum atomic E-state index is 4.56. The number of likely N-dealkylation sites (N-methyl/N-ethyl adjacent to an activating group) is 1. The number of hydrogen-bond donors (Lipinski definition) is 1. The number of nitrogens with zero attached hydrogens (tertiary/aromatic N) is 2. The molecule has 0 fully saturated rings. The Morgan fingerprint density at radius 3 is 2.75 bits per heavy atom. The standard InChI is InChI=1S/C17H29N3/c1-4-15-12-17(20(3)19-15)13-16(18-5-2)11-14-9-7-6-8-10-14/h9,12,16,18H,4-8,10-11,13H2,1-3H3. The first-order valence-corrected chi connectivity index (χ1v) is 8.16. The zero-order chi connectivity index (χ0) is 14.4. The van der Waals surface area contributed by atoms with Gasteiger partial charge in [-0.05, 0) is 51.1 Å². The van der Waals surface area contributed by atoms with Gasteiger partial charge in [-0.1, -0.05) is 25.5 Å². The van der Waals surface area contributed by atoms with E-state index in [1.54, 1.807) is 5.57 Å². The summed E-state index contributed by atoms with van der Waals surface area (Å²) in [5.74, 6) is 0. The monoisotopic (exact) mass is 275 g/mol. The third-order valence-corrected chi connectivity index (χ3v) is 4.23. The van der Waals surface area contributed by atoms with Crippen LogP contribution in [0, 0.1) is 0 Å². The molecule has 1 heterocycles. The first-order chi connectivity index (χ1) is 9.72. The average molecular weight is 275 g/mol. The first-order valence-electron chi connectivity index (χ1n) is 8.16. The first kappa shape index (κ1) is 15.3. The van der Waals surface area contributed by atoms with Crippen molar-refractivity contribution in [1.29, 1.82) is 0 Å². The predicted octanol–water partition coefficient (Wildman–Crippen LogP) is 3.39. The minimum atomic E-state index is 0.546. The normalized spacial score (nSPS) is 17.1. The minimum absolute atomic E-state index is 0.546. The van der Waals surface area contributed by atoms with E-state index in [1.165, 1.54) is 43.5 Å². The van der Waals surface area contributed by atoms with Gasteiger partial charge in [0.1, 0.15) is 0 Å². The molecule has 1 aromatic rings. The minimum Gasteiger partial charge on any atom is -0.314 e. The fraction of sp³-hybridized carbons (Fsp3) is 0.706. The largest absolute Gasteiger partial charge is 0.314 e. The van der Waals surface area contributed by atoms with Gasteiger partial charge in [0.15, 0.2) is 0 Å². The van der Waals surface area contributed by atoms with Crippen LogP contribution in [0.15, 0.2) is 17.7 Å². The van der Waals surface area contributed by atoms with Crippen LogP contribution in [0.3, 0.4) is 0 Å². The molecule has 3 nitrogen and oxygen atoms in total. The Balaban J connectivity index is 2.00. The van der Waals surface area contributed by atoms with E-state index in [1.807, 2.05) is 0 Å². The molecule has 0 bridgehead atoms. The molecule has 0 spiro atoms. The molecule has 1 aromatic heterocycles.